The quantitative estimate of drug-likeness (QED) is 0.426. The largest absolute Gasteiger partial charge is 0.271 e. The third-order valence-corrected chi connectivity index (χ3v) is 1.71. The summed E-state index contributed by atoms with van der Waals surface area (Å²) in [7, 11) is 0. The van der Waals surface area contributed by atoms with E-state index in [1.165, 1.54) is 18.2 Å². The molecule has 0 amide bonds. The van der Waals surface area contributed by atoms with Crippen molar-refractivity contribution in [3.63, 3.8) is 0 Å². The van der Waals surface area contributed by atoms with Gasteiger partial charge in [0.25, 0.3) is 0 Å². The Bertz CT molecular complexity index is 312. The van der Waals surface area contributed by atoms with Gasteiger partial charge in [-0.3, -0.25) is 5.84 Å². The van der Waals surface area contributed by atoms with Crippen molar-refractivity contribution < 1.29 is 8.78 Å². The monoisotopic (exact) mass is 184 g/mol. The van der Waals surface area contributed by atoms with E-state index in [0.717, 1.165) is 6.07 Å². The zero-order valence-electron chi connectivity index (χ0n) is 6.93. The first kappa shape index (κ1) is 9.83. The summed E-state index contributed by atoms with van der Waals surface area (Å²) in [4.78, 5) is 0. The van der Waals surface area contributed by atoms with Gasteiger partial charge in [0.1, 0.15) is 11.6 Å². The van der Waals surface area contributed by atoms with Gasteiger partial charge >= 0.3 is 0 Å². The van der Waals surface area contributed by atoms with Gasteiger partial charge < -0.3 is 0 Å². The summed E-state index contributed by atoms with van der Waals surface area (Å²) < 4.78 is 25.6. The summed E-state index contributed by atoms with van der Waals surface area (Å²) in [5, 5.41) is 0. The van der Waals surface area contributed by atoms with Gasteiger partial charge in [-0.1, -0.05) is 12.1 Å². The number of nitrogens with two attached hydrogens (primary N) is 1. The molecular weight excluding hydrogens is 174 g/mol. The van der Waals surface area contributed by atoms with Gasteiger partial charge in [0.05, 0.1) is 6.04 Å². The van der Waals surface area contributed by atoms with Crippen LogP contribution >= 0.6 is 0 Å². The van der Waals surface area contributed by atoms with Crippen molar-refractivity contribution in [1.82, 2.24) is 5.43 Å². The van der Waals surface area contributed by atoms with Gasteiger partial charge in [-0.25, -0.2) is 14.2 Å². The highest BCUT2D eigenvalue weighted by Gasteiger charge is 2.10. The molecule has 4 heteroatoms. The van der Waals surface area contributed by atoms with Crippen molar-refractivity contribution in [2.45, 2.75) is 6.04 Å². The second-order valence-corrected chi connectivity index (χ2v) is 2.55. The lowest BCUT2D eigenvalue weighted by molar-refractivity contribution is 0.547. The fraction of sp³-hybridized carbons (Fsp3) is 0.111. The lowest BCUT2D eigenvalue weighted by Crippen LogP contribution is -2.27. The van der Waals surface area contributed by atoms with Crippen LogP contribution in [0.2, 0.25) is 0 Å². The predicted molar refractivity (Wildman–Crippen MR) is 46.6 cm³/mol. The highest BCUT2D eigenvalue weighted by molar-refractivity contribution is 5.24. The Kier molecular flexibility index (Phi) is 3.11. The van der Waals surface area contributed by atoms with Crippen molar-refractivity contribution in [3.8, 4) is 0 Å². The Morgan fingerprint density at radius 3 is 2.62 bits per heavy atom. The number of hydrogen-bond acceptors (Lipinski definition) is 2. The normalized spacial score (nSPS) is 12.5. The number of hydrogen-bond donors (Lipinski definition) is 2. The van der Waals surface area contributed by atoms with Gasteiger partial charge in [-0.15, -0.1) is 6.58 Å². The highest BCUT2D eigenvalue weighted by atomic mass is 19.1. The van der Waals surface area contributed by atoms with Crippen LogP contribution in [0.3, 0.4) is 0 Å². The summed E-state index contributed by atoms with van der Waals surface area (Å²) in [6, 6.07) is 2.81. The Balaban J connectivity index is 3.06. The van der Waals surface area contributed by atoms with E-state index in [2.05, 4.69) is 12.0 Å². The lowest BCUT2D eigenvalue weighted by Gasteiger charge is -2.11. The van der Waals surface area contributed by atoms with Gasteiger partial charge in [0.2, 0.25) is 0 Å². The molecule has 1 atom stereocenters. The van der Waals surface area contributed by atoms with Gasteiger partial charge in [0.15, 0.2) is 0 Å². The Hall–Kier alpha value is -1.26. The molecule has 0 spiro atoms. The lowest BCUT2D eigenvalue weighted by atomic mass is 10.1. The van der Waals surface area contributed by atoms with Crippen molar-refractivity contribution in [3.05, 3.63) is 48.1 Å². The minimum atomic E-state index is -0.636. The SMILES string of the molecule is C=CC(NN)c1ccc(F)cc1F. The molecule has 0 aliphatic heterocycles. The summed E-state index contributed by atoms with van der Waals surface area (Å²) >= 11 is 0. The molecule has 0 radical (unpaired) electrons. The Morgan fingerprint density at radius 2 is 2.15 bits per heavy atom. The molecule has 1 aromatic rings. The van der Waals surface area contributed by atoms with E-state index in [9.17, 15) is 8.78 Å². The average Bonchev–Trinajstić information content (AvgIpc) is 2.10. The van der Waals surface area contributed by atoms with Crippen LogP contribution in [0.4, 0.5) is 8.78 Å². The number of rotatable bonds is 3. The fourth-order valence-electron chi connectivity index (χ4n) is 1.04. The van der Waals surface area contributed by atoms with E-state index in [1.54, 1.807) is 0 Å². The first-order chi connectivity index (χ1) is 6.19. The maximum Gasteiger partial charge on any atom is 0.131 e. The topological polar surface area (TPSA) is 38.0 Å². The molecule has 0 bridgehead atoms. The molecule has 0 aliphatic rings. The minimum Gasteiger partial charge on any atom is -0.271 e. The summed E-state index contributed by atoms with van der Waals surface area (Å²) in [6.45, 7) is 3.47. The zero-order valence-corrected chi connectivity index (χ0v) is 6.93. The van der Waals surface area contributed by atoms with Crippen LogP contribution in [-0.2, 0) is 0 Å². The molecule has 2 nitrogen and oxygen atoms in total. The van der Waals surface area contributed by atoms with Crippen molar-refractivity contribution in [2.24, 2.45) is 5.84 Å². The van der Waals surface area contributed by atoms with Crippen LogP contribution in [0.15, 0.2) is 30.9 Å². The molecule has 13 heavy (non-hydrogen) atoms. The first-order valence-electron chi connectivity index (χ1n) is 3.72. The fourth-order valence-corrected chi connectivity index (χ4v) is 1.04. The summed E-state index contributed by atoms with van der Waals surface area (Å²) in [5.41, 5.74) is 2.62. The van der Waals surface area contributed by atoms with Gasteiger partial charge in [-0.05, 0) is 6.07 Å². The van der Waals surface area contributed by atoms with Crippen LogP contribution in [0.25, 0.3) is 0 Å². The zero-order chi connectivity index (χ0) is 9.84. The first-order valence-corrected chi connectivity index (χ1v) is 3.72. The van der Waals surface area contributed by atoms with Crippen LogP contribution in [0.5, 0.6) is 0 Å². The molecule has 70 valence electrons. The van der Waals surface area contributed by atoms with Gasteiger partial charge in [0, 0.05) is 11.6 Å². The molecule has 0 aromatic heterocycles. The third kappa shape index (κ3) is 2.11. The summed E-state index contributed by atoms with van der Waals surface area (Å²) in [6.07, 6.45) is 1.44. The van der Waals surface area contributed by atoms with E-state index in [0.29, 0.717) is 0 Å². The van der Waals surface area contributed by atoms with Crippen molar-refractivity contribution in [1.29, 1.82) is 0 Å². The highest BCUT2D eigenvalue weighted by Crippen LogP contribution is 2.17. The van der Waals surface area contributed by atoms with E-state index in [-0.39, 0.29) is 5.56 Å². The van der Waals surface area contributed by atoms with Gasteiger partial charge in [-0.2, -0.15) is 0 Å². The molecule has 0 aliphatic carbocycles. The minimum absolute atomic E-state index is 0.277. The average molecular weight is 184 g/mol. The van der Waals surface area contributed by atoms with E-state index in [1.807, 2.05) is 0 Å². The van der Waals surface area contributed by atoms with Crippen molar-refractivity contribution in [2.75, 3.05) is 0 Å². The molecular formula is C9H10F2N2. The van der Waals surface area contributed by atoms with E-state index < -0.39 is 17.7 Å². The van der Waals surface area contributed by atoms with Crippen LogP contribution < -0.4 is 11.3 Å². The van der Waals surface area contributed by atoms with Crippen LogP contribution in [-0.4, -0.2) is 0 Å². The van der Waals surface area contributed by atoms with Crippen molar-refractivity contribution >= 4 is 0 Å². The van der Waals surface area contributed by atoms with E-state index in [4.69, 9.17) is 5.84 Å². The predicted octanol–water partition coefficient (Wildman–Crippen LogP) is 1.66. The number of benzene rings is 1. The molecule has 0 saturated heterocycles. The van der Waals surface area contributed by atoms with Crippen LogP contribution in [0.1, 0.15) is 11.6 Å². The molecule has 0 heterocycles. The molecule has 1 unspecified atom stereocenters. The Labute approximate surface area is 75.0 Å². The number of hydrazine groups is 1. The molecule has 1 aromatic carbocycles. The maximum atomic E-state index is 13.1. The standard InChI is InChI=1S/C9H10F2N2/c1-2-9(13-12)7-4-3-6(10)5-8(7)11/h2-5,9,13H,1,12H2. The molecule has 0 fully saturated rings. The second-order valence-electron chi connectivity index (χ2n) is 2.55. The number of halogens is 2. The molecule has 0 saturated carbocycles. The summed E-state index contributed by atoms with van der Waals surface area (Å²) in [5.74, 6) is 3.89. The maximum absolute atomic E-state index is 13.1. The molecule has 3 N–H and O–H groups in total. The van der Waals surface area contributed by atoms with E-state index >= 15 is 0 Å². The van der Waals surface area contributed by atoms with Crippen LogP contribution in [0, 0.1) is 11.6 Å². The second kappa shape index (κ2) is 4.11. The Morgan fingerprint density at radius 1 is 1.46 bits per heavy atom. The number of nitrogens with one attached hydrogen (secondary N) is 1. The molecule has 1 rings (SSSR count). The third-order valence-electron chi connectivity index (χ3n) is 1.71. The smallest absolute Gasteiger partial charge is 0.131 e.